The molecule has 2 heterocycles. The largest absolute Gasteiger partial charge is 0.497 e. The van der Waals surface area contributed by atoms with E-state index >= 15 is 0 Å². The summed E-state index contributed by atoms with van der Waals surface area (Å²) in [5.74, 6) is 0.666. The molecular formula is C19H23N3O4S. The molecule has 1 saturated heterocycles. The molecule has 0 aliphatic carbocycles. The van der Waals surface area contributed by atoms with Crippen molar-refractivity contribution in [1.82, 2.24) is 9.88 Å². The van der Waals surface area contributed by atoms with E-state index in [9.17, 15) is 13.2 Å². The number of hydrogen-bond donors (Lipinski definition) is 1. The lowest BCUT2D eigenvalue weighted by Gasteiger charge is -2.26. The average Bonchev–Trinajstić information content (AvgIpc) is 3.02. The van der Waals surface area contributed by atoms with Crippen molar-refractivity contribution in [2.75, 3.05) is 30.5 Å². The normalized spacial score (nSPS) is 18.1. The number of hydrogen-bond acceptors (Lipinski definition) is 6. The number of ether oxygens (including phenoxy) is 1. The Morgan fingerprint density at radius 3 is 2.59 bits per heavy atom. The van der Waals surface area contributed by atoms with Crippen LogP contribution in [-0.2, 0) is 9.84 Å². The van der Waals surface area contributed by atoms with Gasteiger partial charge in [-0.2, -0.15) is 0 Å². The molecule has 1 aliphatic heterocycles. The van der Waals surface area contributed by atoms with Crippen LogP contribution in [-0.4, -0.2) is 55.4 Å². The third kappa shape index (κ3) is 4.57. The summed E-state index contributed by atoms with van der Waals surface area (Å²) >= 11 is 0. The van der Waals surface area contributed by atoms with Crippen molar-refractivity contribution < 1.29 is 17.9 Å². The van der Waals surface area contributed by atoms with E-state index in [1.54, 1.807) is 30.3 Å². The van der Waals surface area contributed by atoms with Crippen LogP contribution < -0.4 is 10.1 Å². The summed E-state index contributed by atoms with van der Waals surface area (Å²) in [5.41, 5.74) is 1.88. The number of methoxy groups -OCH3 is 1. The number of anilines is 2. The Kier molecular flexibility index (Phi) is 5.65. The van der Waals surface area contributed by atoms with Gasteiger partial charge < -0.3 is 15.0 Å². The third-order valence-corrected chi connectivity index (χ3v) is 6.36. The first-order valence-corrected chi connectivity index (χ1v) is 10.6. The Labute approximate surface area is 159 Å². The van der Waals surface area contributed by atoms with Crippen LogP contribution in [0.3, 0.4) is 0 Å². The van der Waals surface area contributed by atoms with Crippen LogP contribution in [0.5, 0.6) is 5.75 Å². The SMILES string of the molecule is CCN(C(=O)c1cc(Nc2ccc(OC)cc2)ccn1)C1CCS(=O)(=O)C1. The number of sulfone groups is 1. The zero-order valence-corrected chi connectivity index (χ0v) is 16.2. The number of nitrogens with one attached hydrogen (secondary N) is 1. The fourth-order valence-electron chi connectivity index (χ4n) is 3.20. The second-order valence-electron chi connectivity index (χ2n) is 6.43. The second kappa shape index (κ2) is 7.96. The van der Waals surface area contributed by atoms with E-state index in [0.717, 1.165) is 17.1 Å². The number of carbonyl (C=O) groups excluding carboxylic acids is 1. The highest BCUT2D eigenvalue weighted by atomic mass is 32.2. The quantitative estimate of drug-likeness (QED) is 0.817. The summed E-state index contributed by atoms with van der Waals surface area (Å²) in [4.78, 5) is 18.7. The molecule has 3 rings (SSSR count). The average molecular weight is 389 g/mol. The van der Waals surface area contributed by atoms with Gasteiger partial charge in [0, 0.05) is 30.2 Å². The van der Waals surface area contributed by atoms with Crippen molar-refractivity contribution in [3.05, 3.63) is 48.3 Å². The van der Waals surface area contributed by atoms with Crippen molar-refractivity contribution in [3.8, 4) is 5.75 Å². The number of benzene rings is 1. The fraction of sp³-hybridized carbons (Fsp3) is 0.368. The van der Waals surface area contributed by atoms with Gasteiger partial charge in [0.05, 0.1) is 18.6 Å². The van der Waals surface area contributed by atoms with Crippen LogP contribution in [0.4, 0.5) is 11.4 Å². The standard InChI is InChI=1S/C19H23N3O4S/c1-3-22(16-9-11-27(24,25)13-16)19(23)18-12-15(8-10-20-18)21-14-4-6-17(26-2)7-5-14/h4-8,10,12,16H,3,9,11,13H2,1-2H3,(H,20,21). The summed E-state index contributed by atoms with van der Waals surface area (Å²) < 4.78 is 28.6. The molecule has 1 atom stereocenters. The molecule has 1 N–H and O–H groups in total. The molecule has 0 saturated carbocycles. The van der Waals surface area contributed by atoms with Gasteiger partial charge in [-0.3, -0.25) is 9.78 Å². The lowest BCUT2D eigenvalue weighted by atomic mass is 10.2. The Bertz CT molecular complexity index is 913. The predicted molar refractivity (Wildman–Crippen MR) is 104 cm³/mol. The fourth-order valence-corrected chi connectivity index (χ4v) is 4.93. The minimum absolute atomic E-state index is 0.0242. The van der Waals surface area contributed by atoms with E-state index in [1.807, 2.05) is 31.2 Å². The Balaban J connectivity index is 1.76. The zero-order chi connectivity index (χ0) is 19.4. The number of nitrogens with zero attached hydrogens (tertiary/aromatic N) is 2. The lowest BCUT2D eigenvalue weighted by molar-refractivity contribution is 0.0702. The molecule has 1 unspecified atom stereocenters. The van der Waals surface area contributed by atoms with Crippen LogP contribution in [0, 0.1) is 0 Å². The van der Waals surface area contributed by atoms with Gasteiger partial charge in [0.25, 0.3) is 5.91 Å². The van der Waals surface area contributed by atoms with Crippen LogP contribution in [0.1, 0.15) is 23.8 Å². The molecule has 0 radical (unpaired) electrons. The summed E-state index contributed by atoms with van der Waals surface area (Å²) in [6.07, 6.45) is 2.05. The van der Waals surface area contributed by atoms with E-state index < -0.39 is 9.84 Å². The summed E-state index contributed by atoms with van der Waals surface area (Å²) in [6, 6.07) is 10.6. The number of carbonyl (C=O) groups is 1. The Morgan fingerprint density at radius 1 is 1.26 bits per heavy atom. The topological polar surface area (TPSA) is 88.6 Å². The summed E-state index contributed by atoms with van der Waals surface area (Å²) in [6.45, 7) is 2.29. The molecule has 2 aromatic rings. The van der Waals surface area contributed by atoms with Crippen molar-refractivity contribution >= 4 is 27.1 Å². The Hall–Kier alpha value is -2.61. The molecule has 1 fully saturated rings. The van der Waals surface area contributed by atoms with Gasteiger partial charge >= 0.3 is 0 Å². The van der Waals surface area contributed by atoms with Gasteiger partial charge in [0.2, 0.25) is 0 Å². The van der Waals surface area contributed by atoms with Crippen molar-refractivity contribution in [2.45, 2.75) is 19.4 Å². The molecule has 0 bridgehead atoms. The minimum Gasteiger partial charge on any atom is -0.497 e. The van der Waals surface area contributed by atoms with Crippen LogP contribution in [0.2, 0.25) is 0 Å². The molecule has 1 aliphatic rings. The number of aromatic nitrogens is 1. The van der Waals surface area contributed by atoms with E-state index in [4.69, 9.17) is 4.74 Å². The van der Waals surface area contributed by atoms with Gasteiger partial charge in [0.15, 0.2) is 9.84 Å². The van der Waals surface area contributed by atoms with Crippen molar-refractivity contribution in [2.24, 2.45) is 0 Å². The minimum atomic E-state index is -3.06. The molecule has 1 aromatic heterocycles. The molecule has 0 spiro atoms. The lowest BCUT2D eigenvalue weighted by Crippen LogP contribution is -2.41. The van der Waals surface area contributed by atoms with E-state index in [0.29, 0.717) is 18.7 Å². The van der Waals surface area contributed by atoms with Crippen molar-refractivity contribution in [3.63, 3.8) is 0 Å². The molecule has 144 valence electrons. The first-order chi connectivity index (χ1) is 12.9. The third-order valence-electron chi connectivity index (χ3n) is 4.61. The highest BCUT2D eigenvalue weighted by Crippen LogP contribution is 2.22. The molecular weight excluding hydrogens is 366 g/mol. The number of amides is 1. The van der Waals surface area contributed by atoms with Crippen molar-refractivity contribution in [1.29, 1.82) is 0 Å². The van der Waals surface area contributed by atoms with Gasteiger partial charge in [-0.05, 0) is 49.7 Å². The van der Waals surface area contributed by atoms with Crippen LogP contribution in [0.15, 0.2) is 42.6 Å². The highest BCUT2D eigenvalue weighted by molar-refractivity contribution is 7.91. The maximum absolute atomic E-state index is 12.9. The summed E-state index contributed by atoms with van der Waals surface area (Å²) in [7, 11) is -1.45. The first-order valence-electron chi connectivity index (χ1n) is 8.80. The smallest absolute Gasteiger partial charge is 0.272 e. The molecule has 1 aromatic carbocycles. The van der Waals surface area contributed by atoms with E-state index in [-0.39, 0.29) is 23.5 Å². The van der Waals surface area contributed by atoms with E-state index in [2.05, 4.69) is 10.3 Å². The highest BCUT2D eigenvalue weighted by Gasteiger charge is 2.34. The zero-order valence-electron chi connectivity index (χ0n) is 15.4. The predicted octanol–water partition coefficient (Wildman–Crippen LogP) is 2.48. The maximum Gasteiger partial charge on any atom is 0.272 e. The van der Waals surface area contributed by atoms with Crippen LogP contribution >= 0.6 is 0 Å². The van der Waals surface area contributed by atoms with Gasteiger partial charge in [-0.1, -0.05) is 0 Å². The van der Waals surface area contributed by atoms with Gasteiger partial charge in [0.1, 0.15) is 11.4 Å². The first kappa shape index (κ1) is 19.2. The number of pyridine rings is 1. The van der Waals surface area contributed by atoms with Crippen LogP contribution in [0.25, 0.3) is 0 Å². The molecule has 1 amide bonds. The Morgan fingerprint density at radius 2 is 2.00 bits per heavy atom. The van der Waals surface area contributed by atoms with E-state index in [1.165, 1.54) is 0 Å². The van der Waals surface area contributed by atoms with Gasteiger partial charge in [-0.15, -0.1) is 0 Å². The molecule has 8 heteroatoms. The second-order valence-corrected chi connectivity index (χ2v) is 8.66. The number of rotatable bonds is 6. The summed E-state index contributed by atoms with van der Waals surface area (Å²) in [5, 5.41) is 3.23. The maximum atomic E-state index is 12.9. The molecule has 27 heavy (non-hydrogen) atoms. The monoisotopic (exact) mass is 389 g/mol. The molecule has 7 nitrogen and oxygen atoms in total. The van der Waals surface area contributed by atoms with Gasteiger partial charge in [-0.25, -0.2) is 8.42 Å².